The van der Waals surface area contributed by atoms with E-state index in [1.807, 2.05) is 32.9 Å². The molecule has 0 bridgehead atoms. The van der Waals surface area contributed by atoms with Gasteiger partial charge in [0.25, 0.3) is 5.91 Å². The van der Waals surface area contributed by atoms with Gasteiger partial charge in [-0.2, -0.15) is 0 Å². The molecule has 0 aliphatic heterocycles. The predicted octanol–water partition coefficient (Wildman–Crippen LogP) is 4.15. The summed E-state index contributed by atoms with van der Waals surface area (Å²) in [5.74, 6) is 1.50. The summed E-state index contributed by atoms with van der Waals surface area (Å²) in [6.07, 6.45) is 0. The third-order valence-electron chi connectivity index (χ3n) is 3.74. The fourth-order valence-electron chi connectivity index (χ4n) is 2.40. The SMILES string of the molecule is COc1ccccc1OCC(=O)Nc1ccc2oc(C(C)(C)C)nc2c1. The number of carbonyl (C=O) groups excluding carboxylic acids is 1. The van der Waals surface area contributed by atoms with Crippen LogP contribution in [0.5, 0.6) is 11.5 Å². The fraction of sp³-hybridized carbons (Fsp3) is 0.300. The molecule has 0 saturated heterocycles. The van der Waals surface area contributed by atoms with Crippen LogP contribution >= 0.6 is 0 Å². The second-order valence-corrected chi connectivity index (χ2v) is 6.94. The molecule has 0 saturated carbocycles. The molecule has 6 heteroatoms. The lowest BCUT2D eigenvalue weighted by molar-refractivity contribution is -0.118. The highest BCUT2D eigenvalue weighted by Gasteiger charge is 2.21. The van der Waals surface area contributed by atoms with E-state index >= 15 is 0 Å². The molecule has 3 aromatic rings. The summed E-state index contributed by atoms with van der Waals surface area (Å²) in [5, 5.41) is 2.80. The molecule has 0 radical (unpaired) electrons. The summed E-state index contributed by atoms with van der Waals surface area (Å²) < 4.78 is 16.5. The third kappa shape index (κ3) is 3.96. The Labute approximate surface area is 152 Å². The van der Waals surface area contributed by atoms with Gasteiger partial charge in [-0.15, -0.1) is 0 Å². The minimum Gasteiger partial charge on any atom is -0.493 e. The van der Waals surface area contributed by atoms with Crippen molar-refractivity contribution >= 4 is 22.7 Å². The number of methoxy groups -OCH3 is 1. The molecule has 1 aromatic heterocycles. The van der Waals surface area contributed by atoms with Crippen molar-refractivity contribution in [2.45, 2.75) is 26.2 Å². The number of nitrogens with one attached hydrogen (secondary N) is 1. The maximum absolute atomic E-state index is 12.2. The summed E-state index contributed by atoms with van der Waals surface area (Å²) in [6.45, 7) is 5.99. The summed E-state index contributed by atoms with van der Waals surface area (Å²) in [4.78, 5) is 16.7. The Bertz CT molecular complexity index is 925. The van der Waals surface area contributed by atoms with Crippen molar-refractivity contribution in [1.82, 2.24) is 4.98 Å². The minimum absolute atomic E-state index is 0.121. The maximum Gasteiger partial charge on any atom is 0.262 e. The Morgan fingerprint density at radius 1 is 1.15 bits per heavy atom. The molecule has 2 aromatic carbocycles. The van der Waals surface area contributed by atoms with Gasteiger partial charge in [0.1, 0.15) is 5.52 Å². The lowest BCUT2D eigenvalue weighted by Gasteiger charge is -2.11. The van der Waals surface area contributed by atoms with Crippen LogP contribution in [0.25, 0.3) is 11.1 Å². The number of aromatic nitrogens is 1. The van der Waals surface area contributed by atoms with Crippen molar-refractivity contribution in [3.8, 4) is 11.5 Å². The zero-order chi connectivity index (χ0) is 18.7. The van der Waals surface area contributed by atoms with E-state index in [0.717, 1.165) is 0 Å². The molecule has 0 atom stereocenters. The summed E-state index contributed by atoms with van der Waals surface area (Å²) in [5.41, 5.74) is 1.86. The lowest BCUT2D eigenvalue weighted by atomic mass is 9.97. The smallest absolute Gasteiger partial charge is 0.262 e. The Balaban J connectivity index is 1.67. The number of oxazole rings is 1. The number of benzene rings is 2. The van der Waals surface area contributed by atoms with Gasteiger partial charge in [0, 0.05) is 11.1 Å². The van der Waals surface area contributed by atoms with Gasteiger partial charge in [0.2, 0.25) is 5.89 Å². The molecule has 1 N–H and O–H groups in total. The van der Waals surface area contributed by atoms with Crippen LogP contribution in [0, 0.1) is 0 Å². The van der Waals surface area contributed by atoms with Crippen LogP contribution in [-0.2, 0) is 10.2 Å². The molecular weight excluding hydrogens is 332 g/mol. The number of rotatable bonds is 5. The van der Waals surface area contributed by atoms with Crippen LogP contribution in [0.3, 0.4) is 0 Å². The molecule has 0 aliphatic carbocycles. The number of fused-ring (bicyclic) bond motifs is 1. The van der Waals surface area contributed by atoms with E-state index in [1.54, 1.807) is 37.4 Å². The molecule has 136 valence electrons. The van der Waals surface area contributed by atoms with Crippen molar-refractivity contribution in [3.05, 3.63) is 48.4 Å². The van der Waals surface area contributed by atoms with E-state index in [2.05, 4.69) is 10.3 Å². The van der Waals surface area contributed by atoms with E-state index in [0.29, 0.717) is 34.2 Å². The quantitative estimate of drug-likeness (QED) is 0.745. The average molecular weight is 354 g/mol. The number of carbonyl (C=O) groups is 1. The van der Waals surface area contributed by atoms with Gasteiger partial charge < -0.3 is 19.2 Å². The number of amides is 1. The molecule has 3 rings (SSSR count). The van der Waals surface area contributed by atoms with Gasteiger partial charge in [-0.25, -0.2) is 4.98 Å². The van der Waals surface area contributed by atoms with Crippen LogP contribution in [0.4, 0.5) is 5.69 Å². The number of anilines is 1. The largest absolute Gasteiger partial charge is 0.493 e. The third-order valence-corrected chi connectivity index (χ3v) is 3.74. The van der Waals surface area contributed by atoms with E-state index in [9.17, 15) is 4.79 Å². The van der Waals surface area contributed by atoms with E-state index in [4.69, 9.17) is 13.9 Å². The summed E-state index contributed by atoms with van der Waals surface area (Å²) in [6, 6.07) is 12.6. The number of para-hydroxylation sites is 2. The number of nitrogens with zero attached hydrogens (tertiary/aromatic N) is 1. The first kappa shape index (κ1) is 17.8. The van der Waals surface area contributed by atoms with Gasteiger partial charge in [0.15, 0.2) is 23.7 Å². The standard InChI is InChI=1S/C20H22N2O4/c1-20(2,3)19-22-14-11-13(9-10-15(14)26-19)21-18(23)12-25-17-8-6-5-7-16(17)24-4/h5-11H,12H2,1-4H3,(H,21,23). The lowest BCUT2D eigenvalue weighted by Crippen LogP contribution is -2.20. The molecule has 0 unspecified atom stereocenters. The topological polar surface area (TPSA) is 73.6 Å². The van der Waals surface area contributed by atoms with E-state index in [-0.39, 0.29) is 17.9 Å². The number of hydrogen-bond donors (Lipinski definition) is 1. The minimum atomic E-state index is -0.269. The first-order valence-corrected chi connectivity index (χ1v) is 8.33. The highest BCUT2D eigenvalue weighted by molar-refractivity contribution is 5.93. The highest BCUT2D eigenvalue weighted by atomic mass is 16.5. The van der Waals surface area contributed by atoms with Gasteiger partial charge in [0.05, 0.1) is 7.11 Å². The van der Waals surface area contributed by atoms with Gasteiger partial charge in [-0.3, -0.25) is 4.79 Å². The van der Waals surface area contributed by atoms with Crippen molar-refractivity contribution in [1.29, 1.82) is 0 Å². The molecule has 1 amide bonds. The average Bonchev–Trinajstić information content (AvgIpc) is 3.04. The molecule has 1 heterocycles. The zero-order valence-corrected chi connectivity index (χ0v) is 15.3. The molecule has 0 aliphatic rings. The van der Waals surface area contributed by atoms with Crippen molar-refractivity contribution < 1.29 is 18.7 Å². The summed E-state index contributed by atoms with van der Waals surface area (Å²) in [7, 11) is 1.56. The van der Waals surface area contributed by atoms with Gasteiger partial charge >= 0.3 is 0 Å². The second-order valence-electron chi connectivity index (χ2n) is 6.94. The molecule has 0 spiro atoms. The Morgan fingerprint density at radius 3 is 2.58 bits per heavy atom. The predicted molar refractivity (Wildman–Crippen MR) is 99.8 cm³/mol. The molecular formula is C20H22N2O4. The second kappa shape index (κ2) is 7.07. The molecule has 0 fully saturated rings. The van der Waals surface area contributed by atoms with Crippen LogP contribution < -0.4 is 14.8 Å². The van der Waals surface area contributed by atoms with Crippen molar-refractivity contribution in [3.63, 3.8) is 0 Å². The maximum atomic E-state index is 12.2. The van der Waals surface area contributed by atoms with Crippen LogP contribution in [0.1, 0.15) is 26.7 Å². The van der Waals surface area contributed by atoms with E-state index in [1.165, 1.54) is 0 Å². The monoisotopic (exact) mass is 354 g/mol. The summed E-state index contributed by atoms with van der Waals surface area (Å²) >= 11 is 0. The van der Waals surface area contributed by atoms with Crippen LogP contribution in [0.2, 0.25) is 0 Å². The zero-order valence-electron chi connectivity index (χ0n) is 15.3. The first-order valence-electron chi connectivity index (χ1n) is 8.33. The molecule has 26 heavy (non-hydrogen) atoms. The van der Waals surface area contributed by atoms with Crippen LogP contribution in [-0.4, -0.2) is 24.6 Å². The number of ether oxygens (including phenoxy) is 2. The Morgan fingerprint density at radius 2 is 1.88 bits per heavy atom. The fourth-order valence-corrected chi connectivity index (χ4v) is 2.40. The van der Waals surface area contributed by atoms with Crippen molar-refractivity contribution in [2.75, 3.05) is 19.0 Å². The van der Waals surface area contributed by atoms with E-state index < -0.39 is 0 Å². The highest BCUT2D eigenvalue weighted by Crippen LogP contribution is 2.28. The molecule has 6 nitrogen and oxygen atoms in total. The van der Waals surface area contributed by atoms with Crippen LogP contribution in [0.15, 0.2) is 46.9 Å². The normalized spacial score (nSPS) is 11.4. The Hall–Kier alpha value is -3.02. The van der Waals surface area contributed by atoms with Gasteiger partial charge in [-0.05, 0) is 30.3 Å². The first-order chi connectivity index (χ1) is 12.4. The Kier molecular flexibility index (Phi) is 4.84. The van der Waals surface area contributed by atoms with Crippen molar-refractivity contribution in [2.24, 2.45) is 0 Å². The number of hydrogen-bond acceptors (Lipinski definition) is 5. The van der Waals surface area contributed by atoms with Gasteiger partial charge in [-0.1, -0.05) is 32.9 Å².